The molecule has 0 aliphatic carbocycles. The summed E-state index contributed by atoms with van der Waals surface area (Å²) in [5.74, 6) is 0. The van der Waals surface area contributed by atoms with Gasteiger partial charge in [-0.1, -0.05) is 90.5 Å². The van der Waals surface area contributed by atoms with Gasteiger partial charge in [0, 0.05) is 0 Å². The Balaban J connectivity index is -0.000000277. The SMILES string of the molecule is C.CC(C)(C)CC(C)(C)C.CC(C)(C)CCC(C)(C)C. The van der Waals surface area contributed by atoms with Gasteiger partial charge in [-0.2, -0.15) is 0 Å². The molecule has 0 unspecified atom stereocenters. The highest BCUT2D eigenvalue weighted by molar-refractivity contribution is 4.71. The largest absolute Gasteiger partial charge is 0.0776 e. The highest BCUT2D eigenvalue weighted by atomic mass is 14.3. The molecule has 20 heavy (non-hydrogen) atoms. The van der Waals surface area contributed by atoms with E-state index in [0.29, 0.717) is 21.7 Å². The molecule has 0 heterocycles. The Hall–Kier alpha value is 0. The standard InChI is InChI=1S/C10H22.C9H20.CH4/c1-9(2,3)7-8-10(4,5)6;1-8(2,3)7-9(4,5)6;/h7-8H2,1-6H3;7H2,1-6H3;1H4. The van der Waals surface area contributed by atoms with Crippen LogP contribution in [-0.4, -0.2) is 0 Å². The lowest BCUT2D eigenvalue weighted by atomic mass is 9.78. The summed E-state index contributed by atoms with van der Waals surface area (Å²) < 4.78 is 0. The zero-order chi connectivity index (χ0) is 16.1. The molecule has 0 nitrogen and oxygen atoms in total. The van der Waals surface area contributed by atoms with E-state index in [1.54, 1.807) is 0 Å². The first-order valence-corrected chi connectivity index (χ1v) is 7.91. The minimum atomic E-state index is 0. The fourth-order valence-corrected chi connectivity index (χ4v) is 2.34. The summed E-state index contributed by atoms with van der Waals surface area (Å²) in [6.07, 6.45) is 3.95. The molecule has 0 aliphatic heterocycles. The van der Waals surface area contributed by atoms with Gasteiger partial charge >= 0.3 is 0 Å². The summed E-state index contributed by atoms with van der Waals surface area (Å²) in [6.45, 7) is 27.6. The third-order valence-electron chi connectivity index (χ3n) is 2.69. The second-order valence-electron chi connectivity index (χ2n) is 10.9. The first-order chi connectivity index (χ1) is 7.91. The minimum Gasteiger partial charge on any atom is -0.0776 e. The zero-order valence-corrected chi connectivity index (χ0v) is 16.1. The Bertz CT molecular complexity index is 193. The molecule has 0 fully saturated rings. The Morgan fingerprint density at radius 1 is 0.400 bits per heavy atom. The predicted molar refractivity (Wildman–Crippen MR) is 98.4 cm³/mol. The molecule has 0 amide bonds. The maximum atomic E-state index is 2.30. The van der Waals surface area contributed by atoms with Crippen LogP contribution in [0.1, 0.15) is 110 Å². The monoisotopic (exact) mass is 286 g/mol. The number of hydrogen-bond donors (Lipinski definition) is 0. The predicted octanol–water partition coefficient (Wildman–Crippen LogP) is 7.96. The van der Waals surface area contributed by atoms with Crippen molar-refractivity contribution in [3.8, 4) is 0 Å². The van der Waals surface area contributed by atoms with E-state index < -0.39 is 0 Å². The lowest BCUT2D eigenvalue weighted by molar-refractivity contribution is 0.233. The Morgan fingerprint density at radius 2 is 0.600 bits per heavy atom. The van der Waals surface area contributed by atoms with Gasteiger partial charge in [-0.15, -0.1) is 0 Å². The third-order valence-corrected chi connectivity index (χ3v) is 2.69. The molecular weight excluding hydrogens is 240 g/mol. The molecule has 0 aliphatic rings. The van der Waals surface area contributed by atoms with Crippen LogP contribution < -0.4 is 0 Å². The zero-order valence-electron chi connectivity index (χ0n) is 16.1. The van der Waals surface area contributed by atoms with E-state index in [1.165, 1.54) is 19.3 Å². The van der Waals surface area contributed by atoms with Gasteiger partial charge in [-0.25, -0.2) is 0 Å². The molecule has 0 aromatic carbocycles. The van der Waals surface area contributed by atoms with Crippen LogP contribution in [-0.2, 0) is 0 Å². The summed E-state index contributed by atoms with van der Waals surface area (Å²) >= 11 is 0. The Morgan fingerprint density at radius 3 is 0.650 bits per heavy atom. The molecule has 0 rings (SSSR count). The van der Waals surface area contributed by atoms with Crippen molar-refractivity contribution in [1.82, 2.24) is 0 Å². The van der Waals surface area contributed by atoms with Crippen molar-refractivity contribution in [3.05, 3.63) is 0 Å². The van der Waals surface area contributed by atoms with Gasteiger partial charge < -0.3 is 0 Å². The van der Waals surface area contributed by atoms with E-state index >= 15 is 0 Å². The van der Waals surface area contributed by atoms with Crippen LogP contribution in [0, 0.1) is 21.7 Å². The van der Waals surface area contributed by atoms with Crippen LogP contribution in [0.3, 0.4) is 0 Å². The van der Waals surface area contributed by atoms with E-state index in [9.17, 15) is 0 Å². The van der Waals surface area contributed by atoms with Gasteiger partial charge in [-0.05, 0) is 40.9 Å². The molecule has 0 atom stereocenters. The van der Waals surface area contributed by atoms with Crippen LogP contribution in [0.25, 0.3) is 0 Å². The first kappa shape index (κ1) is 25.0. The minimum absolute atomic E-state index is 0. The average molecular weight is 287 g/mol. The Kier molecular flexibility index (Phi) is 10.5. The molecular formula is C20H46. The van der Waals surface area contributed by atoms with Gasteiger partial charge in [0.15, 0.2) is 0 Å². The highest BCUT2D eigenvalue weighted by Crippen LogP contribution is 2.32. The lowest BCUT2D eigenvalue weighted by Crippen LogP contribution is -2.16. The molecule has 0 N–H and O–H groups in total. The van der Waals surface area contributed by atoms with Crippen molar-refractivity contribution in [2.24, 2.45) is 21.7 Å². The highest BCUT2D eigenvalue weighted by Gasteiger charge is 2.20. The maximum Gasteiger partial charge on any atom is -0.0378 e. The van der Waals surface area contributed by atoms with Crippen LogP contribution in [0.4, 0.5) is 0 Å². The Labute approximate surface area is 132 Å². The normalized spacial score (nSPS) is 13.2. The van der Waals surface area contributed by atoms with Crippen molar-refractivity contribution in [1.29, 1.82) is 0 Å². The quantitative estimate of drug-likeness (QED) is 0.458. The van der Waals surface area contributed by atoms with Gasteiger partial charge in [0.2, 0.25) is 0 Å². The van der Waals surface area contributed by atoms with Crippen molar-refractivity contribution in [2.75, 3.05) is 0 Å². The molecule has 126 valence electrons. The smallest absolute Gasteiger partial charge is 0.0378 e. The molecule has 0 saturated carbocycles. The summed E-state index contributed by atoms with van der Waals surface area (Å²) in [6, 6.07) is 0. The van der Waals surface area contributed by atoms with Crippen molar-refractivity contribution in [2.45, 2.75) is 110 Å². The van der Waals surface area contributed by atoms with Gasteiger partial charge in [-0.3, -0.25) is 0 Å². The average Bonchev–Trinajstić information content (AvgIpc) is 1.91. The third kappa shape index (κ3) is 30.8. The first-order valence-electron chi connectivity index (χ1n) is 7.91. The van der Waals surface area contributed by atoms with Gasteiger partial charge in [0.25, 0.3) is 0 Å². The van der Waals surface area contributed by atoms with Crippen molar-refractivity contribution in [3.63, 3.8) is 0 Å². The molecule has 0 aromatic rings. The molecule has 0 aromatic heterocycles. The number of hydrogen-bond acceptors (Lipinski definition) is 0. The van der Waals surface area contributed by atoms with Crippen LogP contribution in [0.2, 0.25) is 0 Å². The van der Waals surface area contributed by atoms with Gasteiger partial charge in [0.1, 0.15) is 0 Å². The van der Waals surface area contributed by atoms with Crippen LogP contribution in [0.5, 0.6) is 0 Å². The van der Waals surface area contributed by atoms with Crippen molar-refractivity contribution < 1.29 is 0 Å². The van der Waals surface area contributed by atoms with E-state index in [1.807, 2.05) is 0 Å². The second kappa shape index (κ2) is 8.44. The van der Waals surface area contributed by atoms with Crippen LogP contribution >= 0.6 is 0 Å². The molecule has 0 radical (unpaired) electrons. The molecule has 0 saturated heterocycles. The molecule has 0 spiro atoms. The summed E-state index contributed by atoms with van der Waals surface area (Å²) in [4.78, 5) is 0. The number of rotatable bonds is 1. The topological polar surface area (TPSA) is 0 Å². The van der Waals surface area contributed by atoms with E-state index in [2.05, 4.69) is 83.1 Å². The van der Waals surface area contributed by atoms with E-state index in [-0.39, 0.29) is 7.43 Å². The van der Waals surface area contributed by atoms with Crippen molar-refractivity contribution >= 4 is 0 Å². The maximum absolute atomic E-state index is 2.30. The summed E-state index contributed by atoms with van der Waals surface area (Å²) in [5, 5.41) is 0. The molecule has 0 bridgehead atoms. The second-order valence-corrected chi connectivity index (χ2v) is 10.9. The molecule has 0 heteroatoms. The fourth-order valence-electron chi connectivity index (χ4n) is 2.34. The lowest BCUT2D eigenvalue weighted by Gasteiger charge is -2.28. The summed E-state index contributed by atoms with van der Waals surface area (Å²) in [7, 11) is 0. The van der Waals surface area contributed by atoms with Gasteiger partial charge in [0.05, 0.1) is 0 Å². The van der Waals surface area contributed by atoms with E-state index in [4.69, 9.17) is 0 Å². The van der Waals surface area contributed by atoms with E-state index in [0.717, 1.165) is 0 Å². The summed E-state index contributed by atoms with van der Waals surface area (Å²) in [5.41, 5.74) is 1.98. The fraction of sp³-hybridized carbons (Fsp3) is 1.00. The van der Waals surface area contributed by atoms with Crippen LogP contribution in [0.15, 0.2) is 0 Å².